The van der Waals surface area contributed by atoms with E-state index in [4.69, 9.17) is 9.47 Å². The van der Waals surface area contributed by atoms with Crippen molar-refractivity contribution in [1.29, 1.82) is 0 Å². The van der Waals surface area contributed by atoms with Crippen LogP contribution in [0.25, 0.3) is 0 Å². The molecule has 1 aromatic carbocycles. The van der Waals surface area contributed by atoms with E-state index in [2.05, 4.69) is 17.6 Å². The Labute approximate surface area is 240 Å². The van der Waals surface area contributed by atoms with Gasteiger partial charge in [0.2, 0.25) is 17.7 Å². The van der Waals surface area contributed by atoms with Gasteiger partial charge in [0, 0.05) is 25.9 Å². The molecule has 0 spiro atoms. The van der Waals surface area contributed by atoms with Gasteiger partial charge >= 0.3 is 5.97 Å². The highest BCUT2D eigenvalue weighted by Crippen LogP contribution is 2.32. The third kappa shape index (κ3) is 9.48. The molecule has 1 aromatic rings. The average Bonchev–Trinajstić information content (AvgIpc) is 3.20. The van der Waals surface area contributed by atoms with Crippen molar-refractivity contribution in [2.45, 2.75) is 96.4 Å². The Morgan fingerprint density at radius 2 is 1.63 bits per heavy atom. The van der Waals surface area contributed by atoms with Crippen molar-refractivity contribution in [3.8, 4) is 0 Å². The Balaban J connectivity index is 1.30. The van der Waals surface area contributed by atoms with Gasteiger partial charge in [0.25, 0.3) is 11.8 Å². The zero-order chi connectivity index (χ0) is 29.6. The number of hydrogen-bond donors (Lipinski definition) is 2. The molecule has 1 saturated heterocycles. The molecule has 2 N–H and O–H groups in total. The molecule has 0 aromatic heterocycles. The van der Waals surface area contributed by atoms with Gasteiger partial charge in [-0.2, -0.15) is 0 Å². The molecule has 0 radical (unpaired) electrons. The fourth-order valence-electron chi connectivity index (χ4n) is 4.94. The Kier molecular flexibility index (Phi) is 12.9. The SMILES string of the molecule is CCCCCCCCC(=O)OCCOCCCCCC(=O)Nc1cccc2c1C(=O)N(C1CCC(=O)NC1=O)C2=O. The first-order valence-electron chi connectivity index (χ1n) is 14.7. The van der Waals surface area contributed by atoms with Gasteiger partial charge in [-0.05, 0) is 37.8 Å². The van der Waals surface area contributed by atoms with Gasteiger partial charge in [0.15, 0.2) is 0 Å². The van der Waals surface area contributed by atoms with Gasteiger partial charge in [-0.25, -0.2) is 0 Å². The highest BCUT2D eigenvalue weighted by atomic mass is 16.6. The number of rotatable bonds is 18. The van der Waals surface area contributed by atoms with Gasteiger partial charge in [-0.15, -0.1) is 0 Å². The molecule has 0 aliphatic carbocycles. The number of carbonyl (C=O) groups excluding carboxylic acids is 6. The summed E-state index contributed by atoms with van der Waals surface area (Å²) in [6.45, 7) is 3.25. The van der Waals surface area contributed by atoms with Crippen LogP contribution >= 0.6 is 0 Å². The zero-order valence-electron chi connectivity index (χ0n) is 23.8. The third-order valence-electron chi connectivity index (χ3n) is 7.16. The molecule has 2 heterocycles. The minimum absolute atomic E-state index is 0.0329. The molecule has 5 amide bonds. The molecular weight excluding hydrogens is 530 g/mol. The Hall–Kier alpha value is -3.60. The smallest absolute Gasteiger partial charge is 0.305 e. The van der Waals surface area contributed by atoms with E-state index in [1.54, 1.807) is 12.1 Å². The molecule has 1 unspecified atom stereocenters. The molecule has 11 heteroatoms. The summed E-state index contributed by atoms with van der Waals surface area (Å²) in [5.41, 5.74) is 0.384. The molecule has 1 fully saturated rings. The molecule has 224 valence electrons. The first kappa shape index (κ1) is 31.9. The van der Waals surface area contributed by atoms with E-state index in [1.807, 2.05) is 0 Å². The monoisotopic (exact) mass is 571 g/mol. The number of esters is 1. The lowest BCUT2D eigenvalue weighted by Crippen LogP contribution is -2.54. The minimum Gasteiger partial charge on any atom is -0.463 e. The first-order chi connectivity index (χ1) is 19.8. The maximum atomic E-state index is 13.1. The molecule has 41 heavy (non-hydrogen) atoms. The third-order valence-corrected chi connectivity index (χ3v) is 7.16. The number of amides is 5. The van der Waals surface area contributed by atoms with Crippen LogP contribution in [0.3, 0.4) is 0 Å². The lowest BCUT2D eigenvalue weighted by Gasteiger charge is -2.27. The Morgan fingerprint density at radius 3 is 2.41 bits per heavy atom. The van der Waals surface area contributed by atoms with Crippen molar-refractivity contribution in [2.24, 2.45) is 0 Å². The van der Waals surface area contributed by atoms with Crippen LogP contribution in [0.15, 0.2) is 18.2 Å². The van der Waals surface area contributed by atoms with Gasteiger partial charge in [-0.1, -0.05) is 51.5 Å². The standard InChI is InChI=1S/C30H41N3O8/c1-2-3-4-5-6-9-15-26(36)41-20-19-40-18-10-7-8-14-24(34)31-22-13-11-12-21-27(22)30(39)33(29(21)38)23-16-17-25(35)32-28(23)37/h11-13,23H,2-10,14-20H2,1H3,(H,31,34)(H,32,35,37). The Bertz CT molecular complexity index is 1120. The lowest BCUT2D eigenvalue weighted by atomic mass is 10.0. The largest absolute Gasteiger partial charge is 0.463 e. The van der Waals surface area contributed by atoms with E-state index < -0.39 is 29.7 Å². The summed E-state index contributed by atoms with van der Waals surface area (Å²) in [5.74, 6) is -2.90. The number of benzene rings is 1. The predicted octanol–water partition coefficient (Wildman–Crippen LogP) is 3.90. The number of carbonyl (C=O) groups is 6. The van der Waals surface area contributed by atoms with Crippen LogP contribution in [-0.4, -0.2) is 66.3 Å². The fraction of sp³-hybridized carbons (Fsp3) is 0.600. The summed E-state index contributed by atoms with van der Waals surface area (Å²) >= 11 is 0. The quantitative estimate of drug-likeness (QED) is 0.153. The van der Waals surface area contributed by atoms with Crippen molar-refractivity contribution < 1.29 is 38.2 Å². The number of imide groups is 2. The van der Waals surface area contributed by atoms with E-state index in [9.17, 15) is 28.8 Å². The van der Waals surface area contributed by atoms with Crippen LogP contribution < -0.4 is 10.6 Å². The fourth-order valence-corrected chi connectivity index (χ4v) is 4.94. The predicted molar refractivity (Wildman–Crippen MR) is 150 cm³/mol. The average molecular weight is 572 g/mol. The number of ether oxygens (including phenoxy) is 2. The van der Waals surface area contributed by atoms with Crippen LogP contribution in [0.4, 0.5) is 5.69 Å². The summed E-state index contributed by atoms with van der Waals surface area (Å²) in [7, 11) is 0. The van der Waals surface area contributed by atoms with Crippen LogP contribution in [0, 0.1) is 0 Å². The van der Waals surface area contributed by atoms with Crippen molar-refractivity contribution in [1.82, 2.24) is 10.2 Å². The molecule has 0 bridgehead atoms. The maximum Gasteiger partial charge on any atom is 0.305 e. The molecule has 3 rings (SSSR count). The van der Waals surface area contributed by atoms with E-state index >= 15 is 0 Å². The highest BCUT2D eigenvalue weighted by molar-refractivity contribution is 6.26. The first-order valence-corrected chi connectivity index (χ1v) is 14.7. The second kappa shape index (κ2) is 16.6. The van der Waals surface area contributed by atoms with Crippen molar-refractivity contribution in [2.75, 3.05) is 25.1 Å². The normalized spacial score (nSPS) is 16.5. The number of anilines is 1. The Morgan fingerprint density at radius 1 is 0.902 bits per heavy atom. The topological polar surface area (TPSA) is 148 Å². The summed E-state index contributed by atoms with van der Waals surface area (Å²) in [4.78, 5) is 74.9. The summed E-state index contributed by atoms with van der Waals surface area (Å²) in [6, 6.07) is 3.53. The second-order valence-corrected chi connectivity index (χ2v) is 10.4. The van der Waals surface area contributed by atoms with Gasteiger partial charge in [0.05, 0.1) is 23.4 Å². The number of piperidine rings is 1. The maximum absolute atomic E-state index is 13.1. The minimum atomic E-state index is -1.07. The number of fused-ring (bicyclic) bond motifs is 1. The molecular formula is C30H41N3O8. The van der Waals surface area contributed by atoms with Gasteiger partial charge in [0.1, 0.15) is 12.6 Å². The van der Waals surface area contributed by atoms with Crippen molar-refractivity contribution in [3.63, 3.8) is 0 Å². The summed E-state index contributed by atoms with van der Waals surface area (Å²) in [6.07, 6.45) is 9.59. The lowest BCUT2D eigenvalue weighted by molar-refractivity contribution is -0.145. The van der Waals surface area contributed by atoms with E-state index in [0.29, 0.717) is 26.1 Å². The highest BCUT2D eigenvalue weighted by Gasteiger charge is 2.45. The number of nitrogens with zero attached hydrogens (tertiary/aromatic N) is 1. The number of unbranched alkanes of at least 4 members (excludes halogenated alkanes) is 7. The van der Waals surface area contributed by atoms with Crippen LogP contribution in [0.5, 0.6) is 0 Å². The molecule has 11 nitrogen and oxygen atoms in total. The number of hydrogen-bond acceptors (Lipinski definition) is 8. The molecule has 1 atom stereocenters. The van der Waals surface area contributed by atoms with E-state index in [0.717, 1.165) is 37.0 Å². The molecule has 0 saturated carbocycles. The zero-order valence-corrected chi connectivity index (χ0v) is 23.8. The number of nitrogens with one attached hydrogen (secondary N) is 2. The van der Waals surface area contributed by atoms with Gasteiger partial charge < -0.3 is 14.8 Å². The van der Waals surface area contributed by atoms with Gasteiger partial charge in [-0.3, -0.25) is 39.0 Å². The van der Waals surface area contributed by atoms with Crippen molar-refractivity contribution >= 4 is 41.2 Å². The van der Waals surface area contributed by atoms with E-state index in [-0.39, 0.29) is 54.6 Å². The van der Waals surface area contributed by atoms with Crippen molar-refractivity contribution in [3.05, 3.63) is 29.3 Å². The molecule has 2 aliphatic heterocycles. The van der Waals surface area contributed by atoms with Crippen LogP contribution in [-0.2, 0) is 28.7 Å². The van der Waals surface area contributed by atoms with Crippen LogP contribution in [0.1, 0.15) is 111 Å². The van der Waals surface area contributed by atoms with Crippen LogP contribution in [0.2, 0.25) is 0 Å². The molecule has 2 aliphatic rings. The summed E-state index contributed by atoms with van der Waals surface area (Å²) in [5, 5.41) is 4.88. The summed E-state index contributed by atoms with van der Waals surface area (Å²) < 4.78 is 10.7. The van der Waals surface area contributed by atoms with E-state index in [1.165, 1.54) is 25.3 Å². The second-order valence-electron chi connectivity index (χ2n) is 10.4.